The Hall–Kier alpha value is -2.25. The molecule has 2 atom stereocenters. The number of allylic oxidation sites excluding steroid dienone is 4. The summed E-state index contributed by atoms with van der Waals surface area (Å²) in [7, 11) is 3.96. The highest BCUT2D eigenvalue weighted by molar-refractivity contribution is 5.89. The van der Waals surface area contributed by atoms with Gasteiger partial charge in [0.1, 0.15) is 12.2 Å². The molecular weight excluding hydrogens is 315 g/mol. The molecule has 23 heavy (non-hydrogen) atoms. The molecule has 0 saturated heterocycles. The third kappa shape index (κ3) is 3.75. The van der Waals surface area contributed by atoms with Gasteiger partial charge in [-0.3, -0.25) is 4.79 Å². The van der Waals surface area contributed by atoms with E-state index in [4.69, 9.17) is 4.74 Å². The van der Waals surface area contributed by atoms with Crippen LogP contribution in [0, 0.1) is 11.8 Å². The van der Waals surface area contributed by atoms with E-state index in [2.05, 4.69) is 4.74 Å². The fourth-order valence-corrected chi connectivity index (χ4v) is 2.21. The molecular formula is C15H18F3NO4. The first-order valence-electron chi connectivity index (χ1n) is 6.79. The van der Waals surface area contributed by atoms with Crippen LogP contribution in [0.25, 0.3) is 0 Å². The zero-order valence-electron chi connectivity index (χ0n) is 13.2. The van der Waals surface area contributed by atoms with E-state index >= 15 is 0 Å². The van der Waals surface area contributed by atoms with E-state index in [1.165, 1.54) is 25.9 Å². The zero-order chi connectivity index (χ0) is 17.7. The fourth-order valence-electron chi connectivity index (χ4n) is 2.21. The number of esters is 1. The van der Waals surface area contributed by atoms with Gasteiger partial charge in [-0.2, -0.15) is 4.39 Å². The minimum absolute atomic E-state index is 0.0439. The molecule has 0 aromatic heterocycles. The van der Waals surface area contributed by atoms with Crippen LogP contribution in [0.4, 0.5) is 13.2 Å². The number of halogens is 3. The molecule has 1 aliphatic rings. The first-order valence-corrected chi connectivity index (χ1v) is 6.79. The van der Waals surface area contributed by atoms with Crippen molar-refractivity contribution in [1.29, 1.82) is 0 Å². The Labute approximate surface area is 132 Å². The lowest BCUT2D eigenvalue weighted by Gasteiger charge is -2.28. The van der Waals surface area contributed by atoms with E-state index in [1.54, 1.807) is 0 Å². The number of hydrogen-bond donors (Lipinski definition) is 0. The Bertz CT molecular complexity index is 581. The van der Waals surface area contributed by atoms with Crippen molar-refractivity contribution in [3.05, 3.63) is 35.0 Å². The highest BCUT2D eigenvalue weighted by Gasteiger charge is 2.44. The fraction of sp³-hybridized carbons (Fsp3) is 0.467. The summed E-state index contributed by atoms with van der Waals surface area (Å²) in [5.74, 6) is -9.49. The molecule has 0 amide bonds. The summed E-state index contributed by atoms with van der Waals surface area (Å²) in [5, 5.41) is 0. The summed E-state index contributed by atoms with van der Waals surface area (Å²) in [6, 6.07) is 0. The van der Waals surface area contributed by atoms with Crippen molar-refractivity contribution in [1.82, 2.24) is 4.90 Å². The lowest BCUT2D eigenvalue weighted by molar-refractivity contribution is -0.150. The summed E-state index contributed by atoms with van der Waals surface area (Å²) in [6.45, 7) is 1.46. The van der Waals surface area contributed by atoms with Gasteiger partial charge in [-0.05, 0) is 6.92 Å². The van der Waals surface area contributed by atoms with Crippen molar-refractivity contribution in [2.45, 2.75) is 6.92 Å². The van der Waals surface area contributed by atoms with Crippen LogP contribution in [0.5, 0.6) is 0 Å². The average molecular weight is 333 g/mol. The molecule has 0 bridgehead atoms. The number of nitrogens with zero attached hydrogens (tertiary/aromatic N) is 1. The molecule has 8 heteroatoms. The smallest absolute Gasteiger partial charge is 0.317 e. The third-order valence-corrected chi connectivity index (χ3v) is 3.14. The number of carbonyl (C=O) groups excluding carboxylic acids is 2. The molecule has 0 aromatic rings. The molecule has 0 radical (unpaired) electrons. The molecule has 1 aliphatic carbocycles. The maximum absolute atomic E-state index is 14.6. The molecule has 0 fully saturated rings. The summed E-state index contributed by atoms with van der Waals surface area (Å²) in [6.07, 6.45) is 1.25. The van der Waals surface area contributed by atoms with E-state index in [0.29, 0.717) is 0 Å². The first kappa shape index (κ1) is 18.8. The van der Waals surface area contributed by atoms with Gasteiger partial charge in [0, 0.05) is 25.9 Å². The van der Waals surface area contributed by atoms with Gasteiger partial charge in [-0.25, -0.2) is 8.78 Å². The Morgan fingerprint density at radius 3 is 2.35 bits per heavy atom. The van der Waals surface area contributed by atoms with E-state index in [0.717, 1.165) is 13.3 Å². The van der Waals surface area contributed by atoms with Gasteiger partial charge in [-0.1, -0.05) is 0 Å². The second kappa shape index (κ2) is 7.85. The number of methoxy groups -OCH3 is 1. The monoisotopic (exact) mass is 333 g/mol. The van der Waals surface area contributed by atoms with Gasteiger partial charge in [0.15, 0.2) is 17.4 Å². The van der Waals surface area contributed by atoms with Gasteiger partial charge in [0.25, 0.3) is 0 Å². The quantitative estimate of drug-likeness (QED) is 0.424. The largest absolute Gasteiger partial charge is 0.491 e. The van der Waals surface area contributed by atoms with E-state index in [-0.39, 0.29) is 12.9 Å². The second-order valence-electron chi connectivity index (χ2n) is 4.95. The van der Waals surface area contributed by atoms with Crippen LogP contribution >= 0.6 is 0 Å². The van der Waals surface area contributed by atoms with Gasteiger partial charge in [-0.15, -0.1) is 0 Å². The average Bonchev–Trinajstić information content (AvgIpc) is 2.48. The standard InChI is InChI=1S/C15H18F3NO4/c1-5-23-15(21)9(7-20)10-8(6-19(2)3)11(16)13(18)14(22-4)12(10)17/h6-7,9-10H,5H2,1-4H3/b8-6+. The topological polar surface area (TPSA) is 55.8 Å². The van der Waals surface area contributed by atoms with Crippen molar-refractivity contribution in [2.75, 3.05) is 27.8 Å². The number of carbonyl (C=O) groups is 2. The number of aldehydes is 1. The maximum atomic E-state index is 14.6. The minimum Gasteiger partial charge on any atom is -0.491 e. The van der Waals surface area contributed by atoms with Crippen LogP contribution < -0.4 is 0 Å². The first-order chi connectivity index (χ1) is 10.8. The normalized spacial score (nSPS) is 21.3. The van der Waals surface area contributed by atoms with Crippen LogP contribution in [-0.2, 0) is 19.1 Å². The van der Waals surface area contributed by atoms with Crippen molar-refractivity contribution >= 4 is 12.3 Å². The Balaban J connectivity index is 3.52. The van der Waals surface area contributed by atoms with E-state index in [9.17, 15) is 22.8 Å². The van der Waals surface area contributed by atoms with Crippen LogP contribution in [0.15, 0.2) is 35.0 Å². The van der Waals surface area contributed by atoms with E-state index in [1.807, 2.05) is 0 Å². The molecule has 1 rings (SSSR count). The van der Waals surface area contributed by atoms with Crippen molar-refractivity contribution < 1.29 is 32.2 Å². The lowest BCUT2D eigenvalue weighted by Crippen LogP contribution is -2.32. The lowest BCUT2D eigenvalue weighted by atomic mass is 9.81. The summed E-state index contributed by atoms with van der Waals surface area (Å²) >= 11 is 0. The van der Waals surface area contributed by atoms with Crippen molar-refractivity contribution in [3.8, 4) is 0 Å². The highest BCUT2D eigenvalue weighted by Crippen LogP contribution is 2.44. The summed E-state index contributed by atoms with van der Waals surface area (Å²) in [4.78, 5) is 24.5. The molecule has 128 valence electrons. The summed E-state index contributed by atoms with van der Waals surface area (Å²) in [5.41, 5.74) is -0.476. The third-order valence-electron chi connectivity index (χ3n) is 3.14. The molecule has 0 heterocycles. The van der Waals surface area contributed by atoms with Crippen LogP contribution in [0.3, 0.4) is 0 Å². The molecule has 2 unspecified atom stereocenters. The van der Waals surface area contributed by atoms with Gasteiger partial charge >= 0.3 is 5.97 Å². The zero-order valence-corrected chi connectivity index (χ0v) is 13.2. The van der Waals surface area contributed by atoms with Gasteiger partial charge in [0.2, 0.25) is 5.83 Å². The minimum atomic E-state index is -1.66. The summed E-state index contributed by atoms with van der Waals surface area (Å²) < 4.78 is 52.0. The maximum Gasteiger partial charge on any atom is 0.317 e. The van der Waals surface area contributed by atoms with Crippen LogP contribution in [0.1, 0.15) is 6.92 Å². The Kier molecular flexibility index (Phi) is 6.41. The predicted molar refractivity (Wildman–Crippen MR) is 75.8 cm³/mol. The molecule has 0 aliphatic heterocycles. The van der Waals surface area contributed by atoms with Crippen molar-refractivity contribution in [2.24, 2.45) is 11.8 Å². The van der Waals surface area contributed by atoms with Crippen LogP contribution in [0.2, 0.25) is 0 Å². The molecule has 0 aromatic carbocycles. The molecule has 5 nitrogen and oxygen atoms in total. The Morgan fingerprint density at radius 1 is 1.30 bits per heavy atom. The highest BCUT2D eigenvalue weighted by atomic mass is 19.2. The van der Waals surface area contributed by atoms with Gasteiger partial charge < -0.3 is 19.2 Å². The number of rotatable bonds is 6. The predicted octanol–water partition coefficient (Wildman–Crippen LogP) is 2.42. The number of ether oxygens (including phenoxy) is 2. The second-order valence-corrected chi connectivity index (χ2v) is 4.95. The molecule has 0 N–H and O–H groups in total. The number of hydrogen-bond acceptors (Lipinski definition) is 5. The molecule has 0 saturated carbocycles. The SMILES string of the molecule is CCOC(=O)C(C=O)C1C(F)=C(OC)C(F)=C(F)/C1=C/N(C)C. The van der Waals surface area contributed by atoms with Gasteiger partial charge in [0.05, 0.1) is 19.6 Å². The van der Waals surface area contributed by atoms with Crippen molar-refractivity contribution in [3.63, 3.8) is 0 Å². The molecule has 0 spiro atoms. The van der Waals surface area contributed by atoms with E-state index < -0.39 is 46.6 Å². The Morgan fingerprint density at radius 2 is 1.91 bits per heavy atom. The van der Waals surface area contributed by atoms with Crippen LogP contribution in [-0.4, -0.2) is 45.0 Å².